The van der Waals surface area contributed by atoms with Gasteiger partial charge < -0.3 is 26.2 Å². The molecule has 0 aliphatic carbocycles. The molecule has 4 heteroatoms. The second-order valence-corrected chi connectivity index (χ2v) is 3.10. The first-order valence-corrected chi connectivity index (χ1v) is 4.79. The number of esters is 1. The molecule has 0 rings (SSSR count). The van der Waals surface area contributed by atoms with E-state index in [1.807, 2.05) is 0 Å². The minimum Gasteiger partial charge on any atom is -1.00 e. The number of hydrogen-bond donors (Lipinski definition) is 0. The summed E-state index contributed by atoms with van der Waals surface area (Å²) in [4.78, 5) is 11.2. The zero-order valence-electron chi connectivity index (χ0n) is 9.25. The van der Waals surface area contributed by atoms with Crippen LogP contribution in [0.2, 0.25) is 0 Å². The van der Waals surface area contributed by atoms with E-state index in [0.29, 0.717) is 6.54 Å². The van der Waals surface area contributed by atoms with Crippen molar-refractivity contribution in [3.8, 4) is 0 Å². The van der Waals surface area contributed by atoms with Crippen LogP contribution in [0.4, 0.5) is 0 Å². The third-order valence-electron chi connectivity index (χ3n) is 2.69. The molecule has 0 unspecified atom stereocenters. The fourth-order valence-electron chi connectivity index (χ4n) is 1.41. The molecule has 0 atom stereocenters. The fourth-order valence-corrected chi connectivity index (χ4v) is 1.41. The highest BCUT2D eigenvalue weighted by molar-refractivity contribution is 5.71. The molecule has 14 heavy (non-hydrogen) atoms. The van der Waals surface area contributed by atoms with E-state index in [-0.39, 0.29) is 23.0 Å². The van der Waals surface area contributed by atoms with Crippen LogP contribution in [-0.2, 0) is 9.53 Å². The molecule has 0 saturated carbocycles. The average molecular weight is 266 g/mol. The SMILES string of the molecule is C=COC(=O)C[N+](CC)(CC)CC.[Br-]. The van der Waals surface area contributed by atoms with Gasteiger partial charge in [-0.15, -0.1) is 0 Å². The van der Waals surface area contributed by atoms with Gasteiger partial charge in [-0.1, -0.05) is 6.58 Å². The molecule has 0 aromatic heterocycles. The number of ether oxygens (including phenoxy) is 1. The molecule has 0 N–H and O–H groups in total. The van der Waals surface area contributed by atoms with Crippen molar-refractivity contribution in [3.05, 3.63) is 12.8 Å². The topological polar surface area (TPSA) is 26.3 Å². The summed E-state index contributed by atoms with van der Waals surface area (Å²) in [5.41, 5.74) is 0. The number of halogens is 1. The Morgan fingerprint density at radius 2 is 1.71 bits per heavy atom. The zero-order valence-corrected chi connectivity index (χ0v) is 10.8. The predicted octanol–water partition coefficient (Wildman–Crippen LogP) is -1.45. The van der Waals surface area contributed by atoms with Crippen LogP contribution in [0.5, 0.6) is 0 Å². The predicted molar refractivity (Wildman–Crippen MR) is 53.0 cm³/mol. The molecule has 0 aliphatic heterocycles. The van der Waals surface area contributed by atoms with E-state index in [0.717, 1.165) is 24.1 Å². The second kappa shape index (κ2) is 8.00. The van der Waals surface area contributed by atoms with E-state index in [9.17, 15) is 4.79 Å². The van der Waals surface area contributed by atoms with Crippen molar-refractivity contribution in [1.82, 2.24) is 0 Å². The first-order valence-electron chi connectivity index (χ1n) is 4.79. The monoisotopic (exact) mass is 265 g/mol. The number of nitrogens with zero attached hydrogens (tertiary/aromatic N) is 1. The summed E-state index contributed by atoms with van der Waals surface area (Å²) >= 11 is 0. The van der Waals surface area contributed by atoms with E-state index in [1.54, 1.807) is 0 Å². The summed E-state index contributed by atoms with van der Waals surface area (Å²) in [6.45, 7) is 12.9. The lowest BCUT2D eigenvalue weighted by Gasteiger charge is -2.34. The maximum atomic E-state index is 11.2. The smallest absolute Gasteiger partial charge is 0.366 e. The summed E-state index contributed by atoms with van der Waals surface area (Å²) < 4.78 is 5.50. The van der Waals surface area contributed by atoms with Gasteiger partial charge in [0, 0.05) is 0 Å². The number of quaternary nitrogens is 1. The highest BCUT2D eigenvalue weighted by Crippen LogP contribution is 2.05. The Bertz CT molecular complexity index is 171. The first-order chi connectivity index (χ1) is 6.14. The third kappa shape index (κ3) is 4.77. The minimum atomic E-state index is -0.194. The lowest BCUT2D eigenvalue weighted by molar-refractivity contribution is -0.916. The van der Waals surface area contributed by atoms with E-state index in [4.69, 9.17) is 4.74 Å². The van der Waals surface area contributed by atoms with Crippen LogP contribution in [-0.4, -0.2) is 36.6 Å². The van der Waals surface area contributed by atoms with Gasteiger partial charge in [0.25, 0.3) is 0 Å². The van der Waals surface area contributed by atoms with Crippen molar-refractivity contribution in [2.45, 2.75) is 20.8 Å². The van der Waals surface area contributed by atoms with Gasteiger partial charge in [-0.3, -0.25) is 0 Å². The van der Waals surface area contributed by atoms with E-state index in [1.165, 1.54) is 6.26 Å². The van der Waals surface area contributed by atoms with Gasteiger partial charge in [0.2, 0.25) is 0 Å². The molecule has 0 aliphatic rings. The molecular weight excluding hydrogens is 246 g/mol. The second-order valence-electron chi connectivity index (χ2n) is 3.10. The molecule has 0 amide bonds. The normalized spacial score (nSPS) is 10.2. The summed E-state index contributed by atoms with van der Waals surface area (Å²) in [6.07, 6.45) is 1.19. The summed E-state index contributed by atoms with van der Waals surface area (Å²) in [5, 5.41) is 0. The number of rotatable bonds is 6. The molecule has 3 nitrogen and oxygen atoms in total. The van der Waals surface area contributed by atoms with Gasteiger partial charge in [-0.2, -0.15) is 0 Å². The van der Waals surface area contributed by atoms with Crippen LogP contribution in [0.3, 0.4) is 0 Å². The van der Waals surface area contributed by atoms with Crippen molar-refractivity contribution in [3.63, 3.8) is 0 Å². The molecule has 0 heterocycles. The molecule has 0 saturated heterocycles. The van der Waals surface area contributed by atoms with Crippen LogP contribution in [0, 0.1) is 0 Å². The maximum absolute atomic E-state index is 11.2. The van der Waals surface area contributed by atoms with Gasteiger partial charge >= 0.3 is 5.97 Å². The Labute approximate surface area is 97.1 Å². The summed E-state index contributed by atoms with van der Waals surface area (Å²) in [7, 11) is 0. The van der Waals surface area contributed by atoms with Crippen molar-refractivity contribution in [2.75, 3.05) is 26.2 Å². The number of hydrogen-bond acceptors (Lipinski definition) is 2. The van der Waals surface area contributed by atoms with Crippen LogP contribution in [0.25, 0.3) is 0 Å². The summed E-state index contributed by atoms with van der Waals surface area (Å²) in [6, 6.07) is 0. The molecule has 0 bridgehead atoms. The van der Waals surface area contributed by atoms with Crippen molar-refractivity contribution < 1.29 is 31.0 Å². The van der Waals surface area contributed by atoms with Crippen LogP contribution >= 0.6 is 0 Å². The Hall–Kier alpha value is -0.350. The summed E-state index contributed by atoms with van der Waals surface area (Å²) in [5.74, 6) is -0.194. The van der Waals surface area contributed by atoms with Crippen molar-refractivity contribution in [2.24, 2.45) is 0 Å². The maximum Gasteiger partial charge on any atom is 0.366 e. The van der Waals surface area contributed by atoms with Crippen LogP contribution < -0.4 is 17.0 Å². The lowest BCUT2D eigenvalue weighted by atomic mass is 10.3. The molecule has 0 fully saturated rings. The van der Waals surface area contributed by atoms with Gasteiger partial charge in [0.15, 0.2) is 6.54 Å². The van der Waals surface area contributed by atoms with Gasteiger partial charge in [-0.05, 0) is 20.8 Å². The largest absolute Gasteiger partial charge is 1.00 e. The number of likely N-dealkylation sites (N-methyl/N-ethyl adjacent to an activating group) is 1. The molecule has 84 valence electrons. The standard InChI is InChI=1S/C10H20NO2.BrH/c1-5-11(6-2,7-3)9-10(12)13-8-4;/h8H,4-7,9H2,1-3H3;1H/q+1;/p-1. The minimum absolute atomic E-state index is 0. The molecule has 0 aromatic rings. The van der Waals surface area contributed by atoms with Crippen LogP contribution in [0.15, 0.2) is 12.8 Å². The quantitative estimate of drug-likeness (QED) is 0.334. The number of carbonyl (C=O) groups excluding carboxylic acids is 1. The zero-order chi connectivity index (χ0) is 10.3. The van der Waals surface area contributed by atoms with Gasteiger partial charge in [-0.25, -0.2) is 4.79 Å². The van der Waals surface area contributed by atoms with Crippen molar-refractivity contribution >= 4 is 5.97 Å². The van der Waals surface area contributed by atoms with E-state index in [2.05, 4.69) is 27.4 Å². The molecule has 0 aromatic carbocycles. The highest BCUT2D eigenvalue weighted by Gasteiger charge is 2.25. The van der Waals surface area contributed by atoms with E-state index >= 15 is 0 Å². The van der Waals surface area contributed by atoms with Gasteiger partial charge in [0.1, 0.15) is 0 Å². The Morgan fingerprint density at radius 3 is 2.00 bits per heavy atom. The fraction of sp³-hybridized carbons (Fsp3) is 0.700. The van der Waals surface area contributed by atoms with E-state index < -0.39 is 0 Å². The molecular formula is C10H20BrNO2. The first kappa shape index (κ1) is 16.1. The Morgan fingerprint density at radius 1 is 1.29 bits per heavy atom. The van der Waals surface area contributed by atoms with Gasteiger partial charge in [0.05, 0.1) is 25.9 Å². The Kier molecular flexibility index (Phi) is 9.20. The van der Waals surface area contributed by atoms with Crippen molar-refractivity contribution in [1.29, 1.82) is 0 Å². The average Bonchev–Trinajstić information content (AvgIpc) is 2.15. The highest BCUT2D eigenvalue weighted by atomic mass is 79.9. The van der Waals surface area contributed by atoms with Crippen LogP contribution in [0.1, 0.15) is 20.8 Å². The molecule has 0 radical (unpaired) electrons. The lowest BCUT2D eigenvalue weighted by Crippen LogP contribution is -3.00. The molecule has 0 spiro atoms. The number of carbonyl (C=O) groups is 1. The Balaban J connectivity index is 0. The third-order valence-corrected chi connectivity index (χ3v) is 2.69.